The van der Waals surface area contributed by atoms with Gasteiger partial charge in [0.15, 0.2) is 5.15 Å². The summed E-state index contributed by atoms with van der Waals surface area (Å²) < 4.78 is 27.0. The van der Waals surface area contributed by atoms with E-state index in [-0.39, 0.29) is 12.4 Å². The fourth-order valence-electron chi connectivity index (χ4n) is 1.90. The van der Waals surface area contributed by atoms with Crippen LogP contribution in [0.3, 0.4) is 0 Å². The molecule has 0 fully saturated rings. The second kappa shape index (κ2) is 5.58. The van der Waals surface area contributed by atoms with Crippen LogP contribution in [0.15, 0.2) is 27.8 Å². The van der Waals surface area contributed by atoms with Gasteiger partial charge in [-0.1, -0.05) is 17.7 Å². The minimum Gasteiger partial charge on any atom is -0.295 e. The molecule has 0 unspecified atom stereocenters. The number of benzene rings is 1. The number of aromatic amines is 1. The molecule has 0 spiro atoms. The van der Waals surface area contributed by atoms with Crippen molar-refractivity contribution in [1.82, 2.24) is 9.55 Å². The van der Waals surface area contributed by atoms with E-state index in [0.29, 0.717) is 12.0 Å². The zero-order valence-corrected chi connectivity index (χ0v) is 11.3. The molecule has 106 valence electrons. The summed E-state index contributed by atoms with van der Waals surface area (Å²) in [5, 5.41) is -0.603. The van der Waals surface area contributed by atoms with E-state index in [0.717, 1.165) is 10.1 Å². The van der Waals surface area contributed by atoms with E-state index < -0.39 is 22.2 Å². The Morgan fingerprint density at radius 1 is 1.30 bits per heavy atom. The first-order valence-electron chi connectivity index (χ1n) is 5.83. The smallest absolute Gasteiger partial charge is 0.295 e. The predicted octanol–water partition coefficient (Wildman–Crippen LogP) is 2.02. The summed E-state index contributed by atoms with van der Waals surface area (Å²) in [5.41, 5.74) is -0.378. The topological polar surface area (TPSA) is 54.9 Å². The van der Waals surface area contributed by atoms with Crippen LogP contribution in [0.5, 0.6) is 0 Å². The van der Waals surface area contributed by atoms with Crippen molar-refractivity contribution in [3.05, 3.63) is 67.0 Å². The quantitative estimate of drug-likeness (QED) is 0.882. The fourth-order valence-corrected chi connectivity index (χ4v) is 2.06. The molecule has 0 aliphatic heterocycles. The van der Waals surface area contributed by atoms with Gasteiger partial charge in [-0.3, -0.25) is 14.3 Å². The number of H-pyrrole nitrogens is 1. The van der Waals surface area contributed by atoms with Crippen molar-refractivity contribution in [2.75, 3.05) is 0 Å². The van der Waals surface area contributed by atoms with Gasteiger partial charge in [0, 0.05) is 6.54 Å². The fraction of sp³-hybridized carbons (Fsp3) is 0.231. The van der Waals surface area contributed by atoms with Crippen LogP contribution >= 0.6 is 11.6 Å². The van der Waals surface area contributed by atoms with Gasteiger partial charge >= 0.3 is 5.69 Å². The Morgan fingerprint density at radius 2 is 2.00 bits per heavy atom. The maximum Gasteiger partial charge on any atom is 0.329 e. The Labute approximate surface area is 117 Å². The Hall–Kier alpha value is -1.95. The maximum absolute atomic E-state index is 13.3. The minimum absolute atomic E-state index is 0.0191. The molecule has 4 nitrogen and oxygen atoms in total. The van der Waals surface area contributed by atoms with Crippen molar-refractivity contribution in [2.24, 2.45) is 0 Å². The van der Waals surface area contributed by atoms with Crippen molar-refractivity contribution in [3.63, 3.8) is 0 Å². The molecule has 0 bridgehead atoms. The Kier molecular flexibility index (Phi) is 4.04. The molecule has 20 heavy (non-hydrogen) atoms. The average Bonchev–Trinajstić information content (AvgIpc) is 2.38. The van der Waals surface area contributed by atoms with Crippen LogP contribution < -0.4 is 11.2 Å². The van der Waals surface area contributed by atoms with E-state index in [1.54, 1.807) is 13.0 Å². The van der Waals surface area contributed by atoms with Crippen LogP contribution in [-0.2, 0) is 13.0 Å². The number of aromatic nitrogens is 2. The van der Waals surface area contributed by atoms with Gasteiger partial charge in [0.25, 0.3) is 5.56 Å². The van der Waals surface area contributed by atoms with Gasteiger partial charge in [0.2, 0.25) is 5.82 Å². The summed E-state index contributed by atoms with van der Waals surface area (Å²) in [7, 11) is 0. The molecule has 0 aliphatic rings. The van der Waals surface area contributed by atoms with Gasteiger partial charge in [-0.2, -0.15) is 4.39 Å². The molecule has 0 saturated carbocycles. The lowest BCUT2D eigenvalue weighted by molar-refractivity contribution is 0.538. The van der Waals surface area contributed by atoms with Gasteiger partial charge in [-0.05, 0) is 36.6 Å². The second-order valence-corrected chi connectivity index (χ2v) is 4.71. The summed E-state index contributed by atoms with van der Waals surface area (Å²) in [6.45, 7) is 1.70. The Balaban J connectivity index is 2.30. The van der Waals surface area contributed by atoms with Crippen LogP contribution in [0.2, 0.25) is 5.15 Å². The Bertz CT molecular complexity index is 768. The molecule has 2 rings (SSSR count). The van der Waals surface area contributed by atoms with E-state index in [9.17, 15) is 18.4 Å². The van der Waals surface area contributed by atoms with Crippen LogP contribution in [0.25, 0.3) is 0 Å². The zero-order valence-electron chi connectivity index (χ0n) is 10.5. The molecule has 1 aromatic heterocycles. The largest absolute Gasteiger partial charge is 0.329 e. The zero-order chi connectivity index (χ0) is 14.9. The first-order chi connectivity index (χ1) is 9.40. The van der Waals surface area contributed by atoms with E-state index in [1.165, 1.54) is 12.1 Å². The van der Waals surface area contributed by atoms with Gasteiger partial charge in [-0.25, -0.2) is 9.18 Å². The van der Waals surface area contributed by atoms with E-state index in [2.05, 4.69) is 0 Å². The van der Waals surface area contributed by atoms with Crippen LogP contribution in [-0.4, -0.2) is 9.55 Å². The Morgan fingerprint density at radius 3 is 2.65 bits per heavy atom. The summed E-state index contributed by atoms with van der Waals surface area (Å²) in [4.78, 5) is 25.2. The van der Waals surface area contributed by atoms with Gasteiger partial charge in [0.1, 0.15) is 5.82 Å². The third-order valence-electron chi connectivity index (χ3n) is 3.00. The average molecular weight is 301 g/mol. The monoisotopic (exact) mass is 300 g/mol. The second-order valence-electron chi connectivity index (χ2n) is 4.34. The number of halogens is 3. The first kappa shape index (κ1) is 14.5. The minimum atomic E-state index is -1.19. The van der Waals surface area contributed by atoms with Crippen LogP contribution in [0, 0.1) is 18.6 Å². The molecule has 0 saturated heterocycles. The number of nitrogens with zero attached hydrogens (tertiary/aromatic N) is 1. The molecule has 0 radical (unpaired) electrons. The summed E-state index contributed by atoms with van der Waals surface area (Å²) in [6, 6.07) is 4.21. The van der Waals surface area contributed by atoms with E-state index >= 15 is 0 Å². The van der Waals surface area contributed by atoms with Crippen molar-refractivity contribution in [3.8, 4) is 0 Å². The highest BCUT2D eigenvalue weighted by Gasteiger charge is 2.12. The van der Waals surface area contributed by atoms with Crippen LogP contribution in [0.4, 0.5) is 8.78 Å². The van der Waals surface area contributed by atoms with E-state index in [4.69, 9.17) is 11.6 Å². The molecule has 0 atom stereocenters. The summed E-state index contributed by atoms with van der Waals surface area (Å²) in [6.07, 6.45) is 0.302. The lowest BCUT2D eigenvalue weighted by atomic mass is 10.1. The highest BCUT2D eigenvalue weighted by molar-refractivity contribution is 6.29. The standard InChI is InChI=1S/C13H11ClF2N2O2/c1-7-6-9(15)3-2-8(7)4-5-18-12(19)10(16)11(14)17-13(18)20/h2-3,6H,4-5H2,1H3,(H,17,20). The van der Waals surface area contributed by atoms with Crippen molar-refractivity contribution < 1.29 is 8.78 Å². The highest BCUT2D eigenvalue weighted by atomic mass is 35.5. The van der Waals surface area contributed by atoms with Crippen molar-refractivity contribution in [1.29, 1.82) is 0 Å². The molecule has 7 heteroatoms. The molecule has 1 aromatic carbocycles. The van der Waals surface area contributed by atoms with Crippen molar-refractivity contribution in [2.45, 2.75) is 19.9 Å². The molecule has 2 aromatic rings. The van der Waals surface area contributed by atoms with Crippen LogP contribution in [0.1, 0.15) is 11.1 Å². The first-order valence-corrected chi connectivity index (χ1v) is 6.21. The number of rotatable bonds is 3. The number of nitrogens with one attached hydrogen (secondary N) is 1. The molecule has 1 heterocycles. The number of aryl methyl sites for hydroxylation is 2. The van der Waals surface area contributed by atoms with Gasteiger partial charge in [0.05, 0.1) is 0 Å². The molecule has 1 N–H and O–H groups in total. The molecular weight excluding hydrogens is 290 g/mol. The predicted molar refractivity (Wildman–Crippen MR) is 71.1 cm³/mol. The molecule has 0 aliphatic carbocycles. The van der Waals surface area contributed by atoms with Gasteiger partial charge in [-0.15, -0.1) is 0 Å². The number of hydrogen-bond donors (Lipinski definition) is 1. The van der Waals surface area contributed by atoms with Gasteiger partial charge < -0.3 is 0 Å². The maximum atomic E-state index is 13.3. The molecular formula is C13H11ClF2N2O2. The summed E-state index contributed by atoms with van der Waals surface area (Å²) in [5.74, 6) is -1.55. The SMILES string of the molecule is Cc1cc(F)ccc1CCn1c(=O)[nH]c(Cl)c(F)c1=O. The lowest BCUT2D eigenvalue weighted by Gasteiger charge is -2.08. The summed E-state index contributed by atoms with van der Waals surface area (Å²) >= 11 is 5.37. The number of hydrogen-bond acceptors (Lipinski definition) is 2. The third kappa shape index (κ3) is 2.80. The van der Waals surface area contributed by atoms with Crippen molar-refractivity contribution >= 4 is 11.6 Å². The lowest BCUT2D eigenvalue weighted by Crippen LogP contribution is -2.37. The highest BCUT2D eigenvalue weighted by Crippen LogP contribution is 2.11. The van der Waals surface area contributed by atoms with E-state index in [1.807, 2.05) is 4.98 Å². The normalized spacial score (nSPS) is 10.8. The third-order valence-corrected chi connectivity index (χ3v) is 3.26. The molecule has 0 amide bonds.